The molecule has 0 radical (unpaired) electrons. The lowest BCUT2D eigenvalue weighted by Gasteiger charge is -2.08. The molecular formula is C24H20N4O3S. The molecule has 0 aliphatic heterocycles. The Hall–Kier alpha value is -3.78. The van der Waals surface area contributed by atoms with Crippen LogP contribution in [0.25, 0.3) is 21.9 Å². The number of sulfone groups is 1. The predicted molar refractivity (Wildman–Crippen MR) is 121 cm³/mol. The molecule has 5 aromatic rings. The number of carbonyl (C=O) groups is 1. The van der Waals surface area contributed by atoms with Crippen LogP contribution in [0, 0.1) is 0 Å². The highest BCUT2D eigenvalue weighted by Crippen LogP contribution is 2.27. The topological polar surface area (TPSA) is 97.7 Å². The molecule has 1 N–H and O–H groups in total. The molecule has 0 atom stereocenters. The minimum Gasteiger partial charge on any atom is -0.334 e. The first kappa shape index (κ1) is 20.1. The van der Waals surface area contributed by atoms with Gasteiger partial charge in [-0.25, -0.2) is 13.4 Å². The van der Waals surface area contributed by atoms with Gasteiger partial charge in [0.25, 0.3) is 0 Å². The number of fused-ring (bicyclic) bond motifs is 2. The average molecular weight is 445 g/mol. The summed E-state index contributed by atoms with van der Waals surface area (Å²) in [5.41, 5.74) is 2.94. The largest absolute Gasteiger partial charge is 0.334 e. The third-order valence-corrected chi connectivity index (χ3v) is 7.51. The SMILES string of the molecule is Cn1c(S(=O)(=O)c2ccc(CCC(=O)c3cnc4[nH]ncc4c3)cc2)cc2ccccc21. The third-order valence-electron chi connectivity index (χ3n) is 5.67. The number of ketones is 1. The van der Waals surface area contributed by atoms with E-state index in [0.717, 1.165) is 21.9 Å². The fraction of sp³-hybridized carbons (Fsp3) is 0.125. The maximum atomic E-state index is 13.2. The van der Waals surface area contributed by atoms with E-state index in [0.29, 0.717) is 24.1 Å². The van der Waals surface area contributed by atoms with Crippen LogP contribution in [0.3, 0.4) is 0 Å². The number of pyridine rings is 1. The molecular weight excluding hydrogens is 424 g/mol. The Morgan fingerprint density at radius 1 is 1.00 bits per heavy atom. The number of rotatable bonds is 6. The molecule has 0 unspecified atom stereocenters. The summed E-state index contributed by atoms with van der Waals surface area (Å²) in [6.07, 6.45) is 3.99. The summed E-state index contributed by atoms with van der Waals surface area (Å²) in [6.45, 7) is 0. The van der Waals surface area contributed by atoms with E-state index < -0.39 is 9.84 Å². The number of H-pyrrole nitrogens is 1. The Balaban J connectivity index is 1.33. The van der Waals surface area contributed by atoms with Crippen LogP contribution in [0.2, 0.25) is 0 Å². The zero-order valence-corrected chi connectivity index (χ0v) is 18.1. The van der Waals surface area contributed by atoms with Crippen molar-refractivity contribution in [3.63, 3.8) is 0 Å². The summed E-state index contributed by atoms with van der Waals surface area (Å²) in [7, 11) is -1.90. The van der Waals surface area contributed by atoms with Gasteiger partial charge in [-0.05, 0) is 42.3 Å². The van der Waals surface area contributed by atoms with E-state index in [4.69, 9.17) is 0 Å². The molecule has 0 aliphatic rings. The number of aryl methyl sites for hydroxylation is 2. The van der Waals surface area contributed by atoms with Crippen molar-refractivity contribution in [1.29, 1.82) is 0 Å². The molecule has 0 saturated heterocycles. The van der Waals surface area contributed by atoms with E-state index in [1.54, 1.807) is 60.4 Å². The van der Waals surface area contributed by atoms with Crippen LogP contribution in [-0.4, -0.2) is 33.9 Å². The Bertz CT molecular complexity index is 1560. The molecule has 3 heterocycles. The lowest BCUT2D eigenvalue weighted by molar-refractivity contribution is 0.0982. The van der Waals surface area contributed by atoms with E-state index in [1.807, 2.05) is 24.3 Å². The Labute approximate surface area is 184 Å². The maximum Gasteiger partial charge on any atom is 0.222 e. The maximum absolute atomic E-state index is 13.2. The standard InChI is InChI=1S/C24H20N4O3S/c1-28-21-5-3-2-4-17(21)13-23(28)32(30,31)20-9-6-16(7-10-20)8-11-22(29)18-12-19-15-26-27-24(19)25-14-18/h2-7,9-10,12-15H,8,11H2,1H3,(H,25,26,27). The fourth-order valence-electron chi connectivity index (χ4n) is 3.87. The number of hydrogen-bond acceptors (Lipinski definition) is 5. The number of hydrogen-bond donors (Lipinski definition) is 1. The summed E-state index contributed by atoms with van der Waals surface area (Å²) in [4.78, 5) is 17.0. The van der Waals surface area contributed by atoms with Crippen molar-refractivity contribution in [2.75, 3.05) is 0 Å². The molecule has 7 nitrogen and oxygen atoms in total. The highest BCUT2D eigenvalue weighted by molar-refractivity contribution is 7.91. The van der Waals surface area contributed by atoms with Gasteiger partial charge in [-0.1, -0.05) is 30.3 Å². The highest BCUT2D eigenvalue weighted by atomic mass is 32.2. The van der Waals surface area contributed by atoms with Crippen molar-refractivity contribution in [2.24, 2.45) is 7.05 Å². The van der Waals surface area contributed by atoms with Gasteiger partial charge >= 0.3 is 0 Å². The van der Waals surface area contributed by atoms with E-state index in [2.05, 4.69) is 15.2 Å². The zero-order chi connectivity index (χ0) is 22.3. The molecule has 160 valence electrons. The molecule has 3 aromatic heterocycles. The van der Waals surface area contributed by atoms with Gasteiger partial charge in [0.05, 0.1) is 11.1 Å². The predicted octanol–water partition coefficient (Wildman–Crippen LogP) is 4.10. The summed E-state index contributed by atoms with van der Waals surface area (Å²) < 4.78 is 28.1. The zero-order valence-electron chi connectivity index (χ0n) is 17.3. The lowest BCUT2D eigenvalue weighted by atomic mass is 10.0. The second kappa shape index (κ2) is 7.72. The number of aromatic nitrogens is 4. The molecule has 0 amide bonds. The van der Waals surface area contributed by atoms with Gasteiger partial charge < -0.3 is 4.57 Å². The minimum absolute atomic E-state index is 0.0206. The molecule has 8 heteroatoms. The van der Waals surface area contributed by atoms with Crippen LogP contribution in [0.5, 0.6) is 0 Å². The first-order valence-corrected chi connectivity index (χ1v) is 11.6. The van der Waals surface area contributed by atoms with Crippen LogP contribution in [0.15, 0.2) is 83.0 Å². The van der Waals surface area contributed by atoms with Crippen LogP contribution >= 0.6 is 0 Å². The quantitative estimate of drug-likeness (QED) is 0.398. The molecule has 5 rings (SSSR count). The molecule has 32 heavy (non-hydrogen) atoms. The number of benzene rings is 2. The van der Waals surface area contributed by atoms with Gasteiger partial charge in [-0.2, -0.15) is 5.10 Å². The van der Waals surface area contributed by atoms with Crippen molar-refractivity contribution >= 4 is 37.6 Å². The third kappa shape index (κ3) is 3.48. The highest BCUT2D eigenvalue weighted by Gasteiger charge is 2.22. The van der Waals surface area contributed by atoms with Crippen molar-refractivity contribution < 1.29 is 13.2 Å². The van der Waals surface area contributed by atoms with Crippen LogP contribution in [0.1, 0.15) is 22.3 Å². The number of carbonyl (C=O) groups excluding carboxylic acids is 1. The number of nitrogens with one attached hydrogen (secondary N) is 1. The van der Waals surface area contributed by atoms with Gasteiger partial charge in [0.15, 0.2) is 11.4 Å². The van der Waals surface area contributed by atoms with Crippen LogP contribution < -0.4 is 0 Å². The van der Waals surface area contributed by atoms with E-state index in [9.17, 15) is 13.2 Å². The van der Waals surface area contributed by atoms with E-state index in [1.165, 1.54) is 0 Å². The van der Waals surface area contributed by atoms with Crippen molar-refractivity contribution in [2.45, 2.75) is 22.8 Å². The van der Waals surface area contributed by atoms with Gasteiger partial charge in [0.2, 0.25) is 9.84 Å². The van der Waals surface area contributed by atoms with Crippen LogP contribution in [-0.2, 0) is 23.3 Å². The van der Waals surface area contributed by atoms with E-state index >= 15 is 0 Å². The second-order valence-electron chi connectivity index (χ2n) is 7.70. The summed E-state index contributed by atoms with van der Waals surface area (Å²) in [6, 6.07) is 17.8. The van der Waals surface area contributed by atoms with Gasteiger partial charge in [0, 0.05) is 41.5 Å². The Kier molecular flexibility index (Phi) is 4.86. The average Bonchev–Trinajstić information content (AvgIpc) is 3.42. The molecule has 0 fully saturated rings. The molecule has 0 saturated carbocycles. The number of para-hydroxylation sites is 1. The summed E-state index contributed by atoms with van der Waals surface area (Å²) >= 11 is 0. The Morgan fingerprint density at radius 2 is 1.78 bits per heavy atom. The van der Waals surface area contributed by atoms with Crippen molar-refractivity contribution in [3.05, 3.63) is 84.2 Å². The summed E-state index contributed by atoms with van der Waals surface area (Å²) in [5.74, 6) is -0.0206. The van der Waals surface area contributed by atoms with E-state index in [-0.39, 0.29) is 15.7 Å². The minimum atomic E-state index is -3.66. The van der Waals surface area contributed by atoms with Crippen LogP contribution in [0.4, 0.5) is 0 Å². The molecule has 0 aliphatic carbocycles. The summed E-state index contributed by atoms with van der Waals surface area (Å²) in [5, 5.41) is 8.60. The molecule has 0 bridgehead atoms. The van der Waals surface area contributed by atoms with Crippen molar-refractivity contribution in [1.82, 2.24) is 19.7 Å². The smallest absolute Gasteiger partial charge is 0.222 e. The van der Waals surface area contributed by atoms with Gasteiger partial charge in [-0.3, -0.25) is 9.89 Å². The van der Waals surface area contributed by atoms with Gasteiger partial charge in [0.1, 0.15) is 5.03 Å². The van der Waals surface area contributed by atoms with Crippen molar-refractivity contribution in [3.8, 4) is 0 Å². The first-order valence-electron chi connectivity index (χ1n) is 10.1. The molecule has 0 spiro atoms. The number of nitrogens with zero attached hydrogens (tertiary/aromatic N) is 3. The lowest BCUT2D eigenvalue weighted by Crippen LogP contribution is -2.07. The number of Topliss-reactive ketones (excluding diaryl/α,β-unsaturated/α-hetero) is 1. The normalized spacial score (nSPS) is 11.9. The first-order chi connectivity index (χ1) is 15.4. The van der Waals surface area contributed by atoms with Gasteiger partial charge in [-0.15, -0.1) is 0 Å². The number of aromatic amines is 1. The second-order valence-corrected chi connectivity index (χ2v) is 9.60. The Morgan fingerprint density at radius 3 is 2.56 bits per heavy atom. The fourth-order valence-corrected chi connectivity index (χ4v) is 5.35. The molecule has 2 aromatic carbocycles. The monoisotopic (exact) mass is 444 g/mol.